The van der Waals surface area contributed by atoms with Crippen molar-refractivity contribution in [3.8, 4) is 0 Å². The molecule has 0 spiro atoms. The van der Waals surface area contributed by atoms with Crippen LogP contribution in [0, 0.1) is 25.7 Å². The Kier molecular flexibility index (Phi) is 3.75. The normalized spacial score (nSPS) is 23.0. The quantitative estimate of drug-likeness (QED) is 0.629. The summed E-state index contributed by atoms with van der Waals surface area (Å²) in [6.07, 6.45) is 3.29. The van der Waals surface area contributed by atoms with Crippen LogP contribution >= 0.6 is 0 Å². The molecule has 2 atom stereocenters. The molecule has 10 nitrogen and oxygen atoms in total. The SMILES string of the molecule is Cc1noc(C)c1S(=O)(=O)N1CC2CN(c3ncnc4c3ncn4C)CC2C1. The van der Waals surface area contributed by atoms with Crippen molar-refractivity contribution in [3.63, 3.8) is 0 Å². The van der Waals surface area contributed by atoms with Crippen LogP contribution in [-0.4, -0.2) is 63.6 Å². The highest BCUT2D eigenvalue weighted by Crippen LogP contribution is 2.37. The molecular weight excluding hydrogens is 382 g/mol. The summed E-state index contributed by atoms with van der Waals surface area (Å²) in [4.78, 5) is 15.6. The van der Waals surface area contributed by atoms with Gasteiger partial charge in [-0.1, -0.05) is 5.16 Å². The summed E-state index contributed by atoms with van der Waals surface area (Å²) in [5, 5.41) is 3.80. The van der Waals surface area contributed by atoms with E-state index in [0.717, 1.165) is 30.1 Å². The van der Waals surface area contributed by atoms with Crippen molar-refractivity contribution in [2.45, 2.75) is 18.7 Å². The molecule has 5 heterocycles. The molecule has 0 bridgehead atoms. The van der Waals surface area contributed by atoms with Gasteiger partial charge < -0.3 is 14.0 Å². The van der Waals surface area contributed by atoms with Crippen LogP contribution in [0.15, 0.2) is 22.1 Å². The second-order valence-electron chi connectivity index (χ2n) is 7.63. The van der Waals surface area contributed by atoms with Gasteiger partial charge in [0.25, 0.3) is 0 Å². The lowest BCUT2D eigenvalue weighted by atomic mass is 10.0. The van der Waals surface area contributed by atoms with Crippen molar-refractivity contribution < 1.29 is 12.9 Å². The fourth-order valence-electron chi connectivity index (χ4n) is 4.46. The molecule has 0 aliphatic carbocycles. The first-order chi connectivity index (χ1) is 13.4. The minimum absolute atomic E-state index is 0.204. The van der Waals surface area contributed by atoms with Crippen LogP contribution in [0.4, 0.5) is 5.82 Å². The second-order valence-corrected chi connectivity index (χ2v) is 9.50. The first kappa shape index (κ1) is 17.6. The molecule has 3 aromatic heterocycles. The van der Waals surface area contributed by atoms with Crippen LogP contribution in [0.1, 0.15) is 11.5 Å². The minimum atomic E-state index is -3.59. The molecule has 2 aliphatic heterocycles. The lowest BCUT2D eigenvalue weighted by Gasteiger charge is -2.22. The highest BCUT2D eigenvalue weighted by atomic mass is 32.2. The van der Waals surface area contributed by atoms with Gasteiger partial charge in [0, 0.05) is 33.2 Å². The van der Waals surface area contributed by atoms with Crippen molar-refractivity contribution in [2.75, 3.05) is 31.1 Å². The number of anilines is 1. The average Bonchev–Trinajstić information content (AvgIpc) is 3.38. The van der Waals surface area contributed by atoms with E-state index in [2.05, 4.69) is 25.0 Å². The van der Waals surface area contributed by atoms with Gasteiger partial charge in [-0.25, -0.2) is 23.4 Å². The van der Waals surface area contributed by atoms with Crippen molar-refractivity contribution in [1.29, 1.82) is 0 Å². The van der Waals surface area contributed by atoms with E-state index < -0.39 is 10.0 Å². The van der Waals surface area contributed by atoms with Gasteiger partial charge in [-0.3, -0.25) is 0 Å². The molecule has 0 amide bonds. The van der Waals surface area contributed by atoms with Crippen molar-refractivity contribution in [3.05, 3.63) is 24.1 Å². The third-order valence-electron chi connectivity index (χ3n) is 5.80. The summed E-state index contributed by atoms with van der Waals surface area (Å²) < 4.78 is 34.7. The van der Waals surface area contributed by atoms with E-state index in [0.29, 0.717) is 24.5 Å². The lowest BCUT2D eigenvalue weighted by Crippen LogP contribution is -2.34. The van der Waals surface area contributed by atoms with E-state index in [1.54, 1.807) is 30.8 Å². The Morgan fingerprint density at radius 3 is 2.43 bits per heavy atom. The Bertz CT molecular complexity index is 1140. The summed E-state index contributed by atoms with van der Waals surface area (Å²) in [6.45, 7) is 5.78. The van der Waals surface area contributed by atoms with Crippen LogP contribution < -0.4 is 4.90 Å². The Morgan fingerprint density at radius 2 is 1.79 bits per heavy atom. The second kappa shape index (κ2) is 5.98. The first-order valence-corrected chi connectivity index (χ1v) is 10.6. The number of imidazole rings is 1. The maximum absolute atomic E-state index is 13.1. The molecule has 0 saturated carbocycles. The molecule has 2 saturated heterocycles. The van der Waals surface area contributed by atoms with E-state index in [9.17, 15) is 8.42 Å². The van der Waals surface area contributed by atoms with Gasteiger partial charge >= 0.3 is 0 Å². The number of hydrogen-bond acceptors (Lipinski definition) is 8. The Morgan fingerprint density at radius 1 is 1.07 bits per heavy atom. The Labute approximate surface area is 162 Å². The number of aryl methyl sites for hydroxylation is 3. The van der Waals surface area contributed by atoms with Crippen molar-refractivity contribution >= 4 is 27.0 Å². The summed E-state index contributed by atoms with van der Waals surface area (Å²) >= 11 is 0. The number of fused-ring (bicyclic) bond motifs is 2. The summed E-state index contributed by atoms with van der Waals surface area (Å²) in [7, 11) is -1.69. The molecule has 2 aliphatic rings. The fraction of sp³-hybridized carbons (Fsp3) is 0.529. The van der Waals surface area contributed by atoms with Crippen LogP contribution in [-0.2, 0) is 17.1 Å². The minimum Gasteiger partial charge on any atom is -0.360 e. The van der Waals surface area contributed by atoms with Crippen LogP contribution in [0.2, 0.25) is 0 Å². The molecular formula is C17H21N7O3S. The zero-order valence-electron chi connectivity index (χ0n) is 15.9. The van der Waals surface area contributed by atoms with Gasteiger partial charge in [-0.15, -0.1) is 0 Å². The standard InChI is InChI=1S/C17H21N7O3S/c1-10-15(11(2)27-21-10)28(25,26)24-6-12-4-23(5-13(12)7-24)17-14-16(18-8-19-17)22(3)9-20-14/h8-9,12-13H,4-7H2,1-3H3. The highest BCUT2D eigenvalue weighted by molar-refractivity contribution is 7.89. The molecule has 148 valence electrons. The van der Waals surface area contributed by atoms with Gasteiger partial charge in [-0.05, 0) is 25.7 Å². The van der Waals surface area contributed by atoms with E-state index in [1.807, 2.05) is 11.6 Å². The van der Waals surface area contributed by atoms with Crippen LogP contribution in [0.5, 0.6) is 0 Å². The zero-order chi connectivity index (χ0) is 19.6. The molecule has 11 heteroatoms. The molecule has 0 aromatic carbocycles. The Hall–Kier alpha value is -2.53. The van der Waals surface area contributed by atoms with Gasteiger partial charge in [-0.2, -0.15) is 4.31 Å². The zero-order valence-corrected chi connectivity index (χ0v) is 16.7. The third kappa shape index (κ3) is 2.46. The van der Waals surface area contributed by atoms with E-state index in [1.165, 1.54) is 0 Å². The number of hydrogen-bond donors (Lipinski definition) is 0. The topological polar surface area (TPSA) is 110 Å². The monoisotopic (exact) mass is 403 g/mol. The van der Waals surface area contributed by atoms with Crippen LogP contribution in [0.25, 0.3) is 11.2 Å². The fourth-order valence-corrected chi connectivity index (χ4v) is 6.30. The molecule has 3 aromatic rings. The molecule has 0 N–H and O–H groups in total. The summed E-state index contributed by atoms with van der Waals surface area (Å²) in [5.74, 6) is 1.67. The number of rotatable bonds is 3. The molecule has 2 unspecified atom stereocenters. The maximum Gasteiger partial charge on any atom is 0.248 e. The maximum atomic E-state index is 13.1. The summed E-state index contributed by atoms with van der Waals surface area (Å²) in [5.41, 5.74) is 1.99. The molecule has 2 fully saturated rings. The number of nitrogens with zero attached hydrogens (tertiary/aromatic N) is 7. The third-order valence-corrected chi connectivity index (χ3v) is 7.87. The van der Waals surface area contributed by atoms with Gasteiger partial charge in [0.2, 0.25) is 10.0 Å². The summed E-state index contributed by atoms with van der Waals surface area (Å²) in [6, 6.07) is 0. The largest absolute Gasteiger partial charge is 0.360 e. The van der Waals surface area contributed by atoms with Gasteiger partial charge in [0.05, 0.1) is 6.33 Å². The smallest absolute Gasteiger partial charge is 0.248 e. The molecule has 0 radical (unpaired) electrons. The Balaban J connectivity index is 1.38. The average molecular weight is 403 g/mol. The van der Waals surface area contributed by atoms with Crippen molar-refractivity contribution in [1.82, 2.24) is 29.0 Å². The lowest BCUT2D eigenvalue weighted by molar-refractivity contribution is 0.389. The molecule has 28 heavy (non-hydrogen) atoms. The predicted octanol–water partition coefficient (Wildman–Crippen LogP) is 0.725. The number of aromatic nitrogens is 5. The van der Waals surface area contributed by atoms with E-state index >= 15 is 0 Å². The van der Waals surface area contributed by atoms with E-state index in [-0.39, 0.29) is 16.7 Å². The first-order valence-electron chi connectivity index (χ1n) is 9.16. The van der Waals surface area contributed by atoms with Crippen LogP contribution in [0.3, 0.4) is 0 Å². The van der Waals surface area contributed by atoms with E-state index in [4.69, 9.17) is 4.52 Å². The highest BCUT2D eigenvalue weighted by Gasteiger charge is 2.46. The van der Waals surface area contributed by atoms with Gasteiger partial charge in [0.1, 0.15) is 16.9 Å². The van der Waals surface area contributed by atoms with Crippen molar-refractivity contribution in [2.24, 2.45) is 18.9 Å². The predicted molar refractivity (Wildman–Crippen MR) is 100 cm³/mol. The van der Waals surface area contributed by atoms with Gasteiger partial charge in [0.15, 0.2) is 22.7 Å². The number of sulfonamides is 1. The molecule has 5 rings (SSSR count).